The van der Waals surface area contributed by atoms with Gasteiger partial charge in [-0.1, -0.05) is 20.3 Å². The molecule has 0 atom stereocenters. The van der Waals surface area contributed by atoms with Crippen LogP contribution in [0.1, 0.15) is 46.0 Å². The molecule has 1 fully saturated rings. The van der Waals surface area contributed by atoms with Crippen molar-refractivity contribution in [3.05, 3.63) is 0 Å². The highest BCUT2D eigenvalue weighted by Gasteiger charge is 2.29. The molecular formula is C11H24FN. The minimum atomic E-state index is 0. The second-order valence-electron chi connectivity index (χ2n) is 4.30. The number of likely N-dealkylation sites (tertiary alicyclic amines) is 1. The first kappa shape index (κ1) is 12.9. The van der Waals surface area contributed by atoms with Crippen LogP contribution in [-0.2, 0) is 0 Å². The van der Waals surface area contributed by atoms with E-state index in [1.807, 2.05) is 0 Å². The molecule has 1 saturated heterocycles. The maximum absolute atomic E-state index is 2.32. The summed E-state index contributed by atoms with van der Waals surface area (Å²) in [6.07, 6.45) is 7.11. The highest BCUT2D eigenvalue weighted by molar-refractivity contribution is 4.54. The molecule has 1 aliphatic heterocycles. The third kappa shape index (κ3) is 3.63. The zero-order valence-electron chi connectivity index (χ0n) is 9.19. The van der Waals surface area contributed by atoms with Gasteiger partial charge in [0.25, 0.3) is 0 Å². The predicted octanol–water partition coefficient (Wildman–Crippen LogP) is -0.189. The van der Waals surface area contributed by atoms with Crippen molar-refractivity contribution in [2.45, 2.75) is 46.0 Å². The molecule has 0 aliphatic carbocycles. The summed E-state index contributed by atoms with van der Waals surface area (Å²) in [5.74, 6) is 0. The molecule has 0 radical (unpaired) electrons. The molecule has 0 aromatic carbocycles. The Balaban J connectivity index is 0.00000144. The largest absolute Gasteiger partial charge is 1.00 e. The fourth-order valence-electron chi connectivity index (χ4n) is 2.53. The summed E-state index contributed by atoms with van der Waals surface area (Å²) in [6, 6.07) is 0. The van der Waals surface area contributed by atoms with Crippen LogP contribution in [0.5, 0.6) is 0 Å². The molecule has 0 spiro atoms. The lowest BCUT2D eigenvalue weighted by molar-refractivity contribution is -0.917. The Kier molecular flexibility index (Phi) is 6.31. The summed E-state index contributed by atoms with van der Waals surface area (Å²) < 4.78 is 1.45. The third-order valence-corrected chi connectivity index (χ3v) is 3.20. The fraction of sp³-hybridized carbons (Fsp3) is 1.00. The lowest BCUT2D eigenvalue weighted by Crippen LogP contribution is -3.00. The van der Waals surface area contributed by atoms with E-state index >= 15 is 0 Å². The Bertz CT molecular complexity index is 119. The second-order valence-corrected chi connectivity index (χ2v) is 4.30. The van der Waals surface area contributed by atoms with Crippen LogP contribution in [0.3, 0.4) is 0 Å². The van der Waals surface area contributed by atoms with E-state index in [0.717, 1.165) is 0 Å². The van der Waals surface area contributed by atoms with Crippen LogP contribution in [0, 0.1) is 0 Å². The molecule has 0 aromatic rings. The average molecular weight is 189 g/mol. The number of rotatable bonds is 5. The van der Waals surface area contributed by atoms with Crippen LogP contribution in [0.25, 0.3) is 0 Å². The van der Waals surface area contributed by atoms with E-state index < -0.39 is 0 Å². The van der Waals surface area contributed by atoms with E-state index in [2.05, 4.69) is 13.8 Å². The Morgan fingerprint density at radius 1 is 0.923 bits per heavy atom. The average Bonchev–Trinajstić information content (AvgIpc) is 2.51. The van der Waals surface area contributed by atoms with E-state index in [-0.39, 0.29) is 4.70 Å². The molecule has 0 amide bonds. The highest BCUT2D eigenvalue weighted by Crippen LogP contribution is 2.20. The van der Waals surface area contributed by atoms with Gasteiger partial charge in [-0.05, 0) is 12.8 Å². The molecule has 0 N–H and O–H groups in total. The first-order chi connectivity index (χ1) is 5.83. The van der Waals surface area contributed by atoms with Gasteiger partial charge < -0.3 is 9.19 Å². The summed E-state index contributed by atoms with van der Waals surface area (Å²) in [5, 5.41) is 0. The van der Waals surface area contributed by atoms with Crippen molar-refractivity contribution in [3.8, 4) is 0 Å². The van der Waals surface area contributed by atoms with Gasteiger partial charge in [-0.25, -0.2) is 0 Å². The Hall–Kier alpha value is -0.110. The minimum Gasteiger partial charge on any atom is -1.00 e. The van der Waals surface area contributed by atoms with Crippen LogP contribution in [0.4, 0.5) is 0 Å². The van der Waals surface area contributed by atoms with Crippen LogP contribution in [-0.4, -0.2) is 30.7 Å². The Morgan fingerprint density at radius 3 is 2.00 bits per heavy atom. The Morgan fingerprint density at radius 2 is 1.54 bits per heavy atom. The standard InChI is InChI=1S/C11H24N.FH/c1-3-5-9-12(8-4-2)10-6-7-11-12;/h3-11H2,1-2H3;1H/q+1;/p-1. The first-order valence-electron chi connectivity index (χ1n) is 5.68. The molecule has 0 aromatic heterocycles. The number of quaternary nitrogens is 1. The summed E-state index contributed by atoms with van der Waals surface area (Å²) in [4.78, 5) is 0. The van der Waals surface area contributed by atoms with Crippen molar-refractivity contribution in [2.24, 2.45) is 0 Å². The van der Waals surface area contributed by atoms with Gasteiger partial charge in [0, 0.05) is 12.8 Å². The molecule has 1 heterocycles. The molecule has 0 unspecified atom stereocenters. The minimum absolute atomic E-state index is 0. The first-order valence-corrected chi connectivity index (χ1v) is 5.68. The van der Waals surface area contributed by atoms with Crippen molar-refractivity contribution in [3.63, 3.8) is 0 Å². The quantitative estimate of drug-likeness (QED) is 0.526. The van der Waals surface area contributed by atoms with E-state index in [9.17, 15) is 0 Å². The molecule has 0 saturated carbocycles. The molecule has 80 valence electrons. The molecule has 1 aliphatic rings. The monoisotopic (exact) mass is 189 g/mol. The van der Waals surface area contributed by atoms with Gasteiger partial charge in [0.15, 0.2) is 0 Å². The van der Waals surface area contributed by atoms with E-state index in [1.165, 1.54) is 62.8 Å². The number of hydrogen-bond acceptors (Lipinski definition) is 0. The van der Waals surface area contributed by atoms with E-state index in [4.69, 9.17) is 0 Å². The van der Waals surface area contributed by atoms with Crippen LogP contribution >= 0.6 is 0 Å². The fourth-order valence-corrected chi connectivity index (χ4v) is 2.53. The van der Waals surface area contributed by atoms with Gasteiger partial charge in [0.1, 0.15) is 0 Å². The normalized spacial score (nSPS) is 19.8. The van der Waals surface area contributed by atoms with E-state index in [0.29, 0.717) is 0 Å². The SMILES string of the molecule is CCCC[N+]1(CCC)CCCC1.[F-]. The van der Waals surface area contributed by atoms with Crippen LogP contribution in [0.2, 0.25) is 0 Å². The molecule has 1 rings (SSSR count). The highest BCUT2D eigenvalue weighted by atomic mass is 19.0. The lowest BCUT2D eigenvalue weighted by Gasteiger charge is -2.34. The lowest BCUT2D eigenvalue weighted by atomic mass is 10.2. The second kappa shape index (κ2) is 6.36. The van der Waals surface area contributed by atoms with Gasteiger partial charge in [-0.3, -0.25) is 0 Å². The topological polar surface area (TPSA) is 0 Å². The molecular weight excluding hydrogens is 165 g/mol. The van der Waals surface area contributed by atoms with Crippen molar-refractivity contribution in [1.29, 1.82) is 0 Å². The summed E-state index contributed by atoms with van der Waals surface area (Å²) in [6.45, 7) is 10.4. The van der Waals surface area contributed by atoms with Crippen molar-refractivity contribution < 1.29 is 9.19 Å². The van der Waals surface area contributed by atoms with Gasteiger partial charge in [0.05, 0.1) is 26.2 Å². The van der Waals surface area contributed by atoms with Crippen molar-refractivity contribution in [2.75, 3.05) is 26.2 Å². The summed E-state index contributed by atoms with van der Waals surface area (Å²) in [5.41, 5.74) is 0. The van der Waals surface area contributed by atoms with Gasteiger partial charge in [-0.15, -0.1) is 0 Å². The summed E-state index contributed by atoms with van der Waals surface area (Å²) in [7, 11) is 0. The number of nitrogens with zero attached hydrogens (tertiary/aromatic N) is 1. The van der Waals surface area contributed by atoms with Gasteiger partial charge >= 0.3 is 0 Å². The molecule has 1 nitrogen and oxygen atoms in total. The maximum atomic E-state index is 2.32. The Labute approximate surface area is 82.1 Å². The number of hydrogen-bond donors (Lipinski definition) is 0. The third-order valence-electron chi connectivity index (χ3n) is 3.20. The number of unbranched alkanes of at least 4 members (excludes halogenated alkanes) is 1. The van der Waals surface area contributed by atoms with Crippen LogP contribution < -0.4 is 4.70 Å². The zero-order chi connectivity index (χ0) is 8.86. The smallest absolute Gasteiger partial charge is 0.0788 e. The zero-order valence-corrected chi connectivity index (χ0v) is 9.19. The molecule has 2 heteroatoms. The van der Waals surface area contributed by atoms with E-state index in [1.54, 1.807) is 0 Å². The molecule has 13 heavy (non-hydrogen) atoms. The van der Waals surface area contributed by atoms with Crippen molar-refractivity contribution in [1.82, 2.24) is 0 Å². The van der Waals surface area contributed by atoms with Crippen molar-refractivity contribution >= 4 is 0 Å². The van der Waals surface area contributed by atoms with Crippen LogP contribution in [0.15, 0.2) is 0 Å². The van der Waals surface area contributed by atoms with Gasteiger partial charge in [0.2, 0.25) is 0 Å². The maximum Gasteiger partial charge on any atom is 0.0788 e. The predicted molar refractivity (Wildman–Crippen MR) is 54.2 cm³/mol. The number of halogens is 1. The summed E-state index contributed by atoms with van der Waals surface area (Å²) >= 11 is 0. The molecule has 0 bridgehead atoms. The van der Waals surface area contributed by atoms with Gasteiger partial charge in [-0.2, -0.15) is 0 Å².